The fourth-order valence-electron chi connectivity index (χ4n) is 4.97. The summed E-state index contributed by atoms with van der Waals surface area (Å²) in [6.07, 6.45) is 4.81. The van der Waals surface area contributed by atoms with E-state index >= 15 is 0 Å². The zero-order valence-corrected chi connectivity index (χ0v) is 23.9. The number of carbonyl (C=O) groups is 2. The van der Waals surface area contributed by atoms with E-state index in [1.165, 1.54) is 17.5 Å². The zero-order valence-electron chi connectivity index (χ0n) is 23.1. The average Bonchev–Trinajstić information content (AvgIpc) is 2.88. The summed E-state index contributed by atoms with van der Waals surface area (Å²) in [5, 5.41) is 6.09. The van der Waals surface area contributed by atoms with Gasteiger partial charge in [-0.1, -0.05) is 12.8 Å². The SMILES string of the molecule is CC(=O)NC(CCCCB1OC(C)(C)C(C)(C)O1)(C(=O)NC(C)(C)C)C1CCN(S(C)(=O)=O)CC1. The first-order valence-electron chi connectivity index (χ1n) is 12.7. The van der Waals surface area contributed by atoms with Crippen LogP contribution in [0.2, 0.25) is 6.32 Å². The van der Waals surface area contributed by atoms with Crippen LogP contribution in [-0.4, -0.2) is 73.3 Å². The third-order valence-electron chi connectivity index (χ3n) is 7.48. The van der Waals surface area contributed by atoms with E-state index in [2.05, 4.69) is 10.6 Å². The molecule has 0 spiro atoms. The summed E-state index contributed by atoms with van der Waals surface area (Å²) >= 11 is 0. The molecule has 0 aromatic heterocycles. The van der Waals surface area contributed by atoms with Crippen molar-refractivity contribution >= 4 is 29.0 Å². The van der Waals surface area contributed by atoms with Gasteiger partial charge in [-0.3, -0.25) is 9.59 Å². The minimum atomic E-state index is -3.30. The number of unbranched alkanes of at least 4 members (excludes halogenated alkanes) is 1. The number of nitrogens with zero attached hydrogens (tertiary/aromatic N) is 1. The second kappa shape index (κ2) is 10.7. The van der Waals surface area contributed by atoms with Crippen LogP contribution in [0.4, 0.5) is 0 Å². The van der Waals surface area contributed by atoms with Crippen molar-refractivity contribution in [1.82, 2.24) is 14.9 Å². The average molecular weight is 516 g/mol. The number of hydrogen-bond donors (Lipinski definition) is 2. The van der Waals surface area contributed by atoms with E-state index in [0.717, 1.165) is 6.42 Å². The van der Waals surface area contributed by atoms with Gasteiger partial charge in [-0.2, -0.15) is 0 Å². The Hall–Kier alpha value is -1.17. The minimum Gasteiger partial charge on any atom is -0.403 e. The molecule has 2 rings (SSSR count). The van der Waals surface area contributed by atoms with E-state index in [1.54, 1.807) is 0 Å². The molecule has 2 aliphatic rings. The first kappa shape index (κ1) is 30.1. The van der Waals surface area contributed by atoms with Crippen molar-refractivity contribution in [3.05, 3.63) is 0 Å². The third-order valence-corrected chi connectivity index (χ3v) is 8.78. The van der Waals surface area contributed by atoms with Gasteiger partial charge in [0.2, 0.25) is 21.8 Å². The predicted molar refractivity (Wildman–Crippen MR) is 138 cm³/mol. The van der Waals surface area contributed by atoms with Crippen LogP contribution in [0.5, 0.6) is 0 Å². The van der Waals surface area contributed by atoms with Crippen molar-refractivity contribution in [3.8, 4) is 0 Å². The van der Waals surface area contributed by atoms with Crippen molar-refractivity contribution in [2.75, 3.05) is 19.3 Å². The van der Waals surface area contributed by atoms with E-state index in [0.29, 0.717) is 45.1 Å². The fourth-order valence-corrected chi connectivity index (χ4v) is 5.84. The topological polar surface area (TPSA) is 114 Å². The molecule has 0 aliphatic carbocycles. The Kier molecular flexibility index (Phi) is 9.17. The molecular formula is C24H46BN3O6S. The second-order valence-corrected chi connectivity index (χ2v) is 14.2. The first-order valence-corrected chi connectivity index (χ1v) is 14.6. The highest BCUT2D eigenvalue weighted by molar-refractivity contribution is 7.88. The summed E-state index contributed by atoms with van der Waals surface area (Å²) in [5.74, 6) is -0.664. The first-order chi connectivity index (χ1) is 15.8. The number of sulfonamides is 1. The largest absolute Gasteiger partial charge is 0.457 e. The van der Waals surface area contributed by atoms with Crippen LogP contribution in [0, 0.1) is 5.92 Å². The molecule has 2 fully saturated rings. The van der Waals surface area contributed by atoms with Gasteiger partial charge in [0, 0.05) is 25.6 Å². The van der Waals surface area contributed by atoms with E-state index in [4.69, 9.17) is 9.31 Å². The van der Waals surface area contributed by atoms with Gasteiger partial charge in [-0.15, -0.1) is 0 Å². The Morgan fingerprint density at radius 3 is 1.94 bits per heavy atom. The van der Waals surface area contributed by atoms with E-state index < -0.39 is 32.3 Å². The Labute approximate surface area is 212 Å². The standard InChI is InChI=1S/C24H46BN3O6S/c1-18(29)26-24(20(30)27-21(2,3)4,19-12-16-28(17-13-19)35(9,31)32)14-10-11-15-25-33-22(5,6)23(7,8)34-25/h19H,10-17H2,1-9H3,(H,26,29)(H,27,30). The number of hydrogen-bond acceptors (Lipinski definition) is 6. The smallest absolute Gasteiger partial charge is 0.403 e. The van der Waals surface area contributed by atoms with Crippen LogP contribution >= 0.6 is 0 Å². The minimum absolute atomic E-state index is 0.177. The lowest BCUT2D eigenvalue weighted by molar-refractivity contribution is -0.138. The Morgan fingerprint density at radius 1 is 1.00 bits per heavy atom. The quantitative estimate of drug-likeness (QED) is 0.361. The molecule has 2 heterocycles. The maximum absolute atomic E-state index is 13.7. The maximum Gasteiger partial charge on any atom is 0.457 e. The lowest BCUT2D eigenvalue weighted by atomic mass is 9.72. The van der Waals surface area contributed by atoms with Crippen LogP contribution in [0.15, 0.2) is 0 Å². The van der Waals surface area contributed by atoms with Crippen molar-refractivity contribution in [1.29, 1.82) is 0 Å². The lowest BCUT2D eigenvalue weighted by Crippen LogP contribution is -2.66. The Balaban J connectivity index is 2.18. The molecule has 2 saturated heterocycles. The molecule has 1 atom stereocenters. The molecule has 2 amide bonds. The van der Waals surface area contributed by atoms with Gasteiger partial charge < -0.3 is 19.9 Å². The highest BCUT2D eigenvalue weighted by Gasteiger charge is 2.51. The van der Waals surface area contributed by atoms with Crippen molar-refractivity contribution in [3.63, 3.8) is 0 Å². The summed E-state index contributed by atoms with van der Waals surface area (Å²) in [6, 6.07) is 0. The van der Waals surface area contributed by atoms with Crippen LogP contribution < -0.4 is 10.6 Å². The van der Waals surface area contributed by atoms with Crippen LogP contribution in [-0.2, 0) is 28.9 Å². The summed E-state index contributed by atoms with van der Waals surface area (Å²) in [4.78, 5) is 26.1. The molecule has 1 unspecified atom stereocenters. The summed E-state index contributed by atoms with van der Waals surface area (Å²) in [7, 11) is -3.61. The van der Waals surface area contributed by atoms with E-state index in [1.807, 2.05) is 48.5 Å². The Morgan fingerprint density at radius 2 is 1.51 bits per heavy atom. The molecule has 0 bridgehead atoms. The monoisotopic (exact) mass is 515 g/mol. The molecule has 2 aliphatic heterocycles. The van der Waals surface area contributed by atoms with Gasteiger partial charge in [-0.05, 0) is 80.0 Å². The van der Waals surface area contributed by atoms with Crippen molar-refractivity contribution in [2.24, 2.45) is 5.92 Å². The summed E-state index contributed by atoms with van der Waals surface area (Å²) < 4.78 is 37.7. The summed E-state index contributed by atoms with van der Waals surface area (Å²) in [5.41, 5.74) is -2.37. The van der Waals surface area contributed by atoms with Crippen molar-refractivity contribution in [2.45, 2.75) is 116 Å². The predicted octanol–water partition coefficient (Wildman–Crippen LogP) is 2.71. The number of amides is 2. The van der Waals surface area contributed by atoms with Gasteiger partial charge in [-0.25, -0.2) is 12.7 Å². The van der Waals surface area contributed by atoms with Gasteiger partial charge in [0.05, 0.1) is 17.5 Å². The Bertz CT molecular complexity index is 862. The molecule has 0 aromatic rings. The van der Waals surface area contributed by atoms with E-state index in [-0.39, 0.29) is 24.9 Å². The number of rotatable bonds is 9. The second-order valence-electron chi connectivity index (χ2n) is 12.2. The molecular weight excluding hydrogens is 469 g/mol. The maximum atomic E-state index is 13.7. The number of carbonyl (C=O) groups excluding carboxylic acids is 2. The number of nitrogens with one attached hydrogen (secondary N) is 2. The van der Waals surface area contributed by atoms with Gasteiger partial charge in [0.25, 0.3) is 0 Å². The third kappa shape index (κ3) is 7.66. The lowest BCUT2D eigenvalue weighted by Gasteiger charge is -2.45. The summed E-state index contributed by atoms with van der Waals surface area (Å²) in [6.45, 7) is 15.9. The van der Waals surface area contributed by atoms with Gasteiger partial charge in [0.15, 0.2) is 0 Å². The molecule has 11 heteroatoms. The fraction of sp³-hybridized carbons (Fsp3) is 0.917. The molecule has 2 N–H and O–H groups in total. The molecule has 0 aromatic carbocycles. The molecule has 0 saturated carbocycles. The highest BCUT2D eigenvalue weighted by Crippen LogP contribution is 2.39. The molecule has 9 nitrogen and oxygen atoms in total. The molecule has 35 heavy (non-hydrogen) atoms. The van der Waals surface area contributed by atoms with Crippen LogP contribution in [0.1, 0.15) is 87.5 Å². The molecule has 0 radical (unpaired) electrons. The van der Waals surface area contributed by atoms with Gasteiger partial charge in [0.1, 0.15) is 5.54 Å². The zero-order chi connectivity index (χ0) is 26.9. The van der Waals surface area contributed by atoms with Gasteiger partial charge >= 0.3 is 7.12 Å². The normalized spacial score (nSPS) is 23.1. The van der Waals surface area contributed by atoms with Crippen LogP contribution in [0.3, 0.4) is 0 Å². The number of piperidine rings is 1. The van der Waals surface area contributed by atoms with E-state index in [9.17, 15) is 18.0 Å². The van der Waals surface area contributed by atoms with Crippen molar-refractivity contribution < 1.29 is 27.3 Å². The highest BCUT2D eigenvalue weighted by atomic mass is 32.2. The molecule has 202 valence electrons. The van der Waals surface area contributed by atoms with Crippen LogP contribution in [0.25, 0.3) is 0 Å².